The minimum Gasteiger partial charge on any atom is -0.462 e. The third-order valence-corrected chi connectivity index (χ3v) is 7.04. The summed E-state index contributed by atoms with van der Waals surface area (Å²) in [5, 5.41) is 32.4. The van der Waals surface area contributed by atoms with Gasteiger partial charge in [-0.25, -0.2) is 0 Å². The number of cyclic esters (lactones) is 1. The maximum Gasteiger partial charge on any atom is 0.311 e. The van der Waals surface area contributed by atoms with Crippen molar-refractivity contribution in [1.82, 2.24) is 0 Å². The molecule has 0 amide bonds. The van der Waals surface area contributed by atoms with E-state index in [1.54, 1.807) is 52.8 Å². The van der Waals surface area contributed by atoms with Crippen molar-refractivity contribution in [3.63, 3.8) is 0 Å². The summed E-state index contributed by atoms with van der Waals surface area (Å²) in [6.45, 7) is 10.6. The summed E-state index contributed by atoms with van der Waals surface area (Å²) in [5.74, 6) is -3.17. The molecule has 34 heavy (non-hydrogen) atoms. The van der Waals surface area contributed by atoms with Crippen LogP contribution in [0, 0.1) is 11.3 Å². The molecule has 3 N–H and O–H groups in total. The molecule has 2 bridgehead atoms. The largest absolute Gasteiger partial charge is 0.462 e. The molecule has 6 atom stereocenters. The normalized spacial score (nSPS) is 40.4. The van der Waals surface area contributed by atoms with Gasteiger partial charge in [0.2, 0.25) is 0 Å². The molecule has 0 radical (unpaired) electrons. The Hall–Kier alpha value is -1.80. The Morgan fingerprint density at radius 2 is 1.85 bits per heavy atom. The van der Waals surface area contributed by atoms with Crippen LogP contribution in [0.4, 0.5) is 0 Å². The highest BCUT2D eigenvalue weighted by molar-refractivity contribution is 5.88. The number of aliphatic hydroxyl groups excluding tert-OH is 2. The average molecular weight is 479 g/mol. The predicted molar refractivity (Wildman–Crippen MR) is 130 cm³/mol. The molecule has 2 heterocycles. The van der Waals surface area contributed by atoms with Crippen LogP contribution in [0.5, 0.6) is 0 Å². The number of ether oxygens (including phenoxy) is 2. The highest BCUT2D eigenvalue weighted by atomic mass is 16.6. The zero-order valence-corrected chi connectivity index (χ0v) is 21.4. The maximum atomic E-state index is 13.2. The first-order valence-electron chi connectivity index (χ1n) is 12.2. The average Bonchev–Trinajstić information content (AvgIpc) is 2.70. The van der Waals surface area contributed by atoms with Gasteiger partial charge < -0.3 is 24.8 Å². The van der Waals surface area contributed by atoms with Gasteiger partial charge in [0.25, 0.3) is 0 Å². The van der Waals surface area contributed by atoms with E-state index in [1.807, 2.05) is 19.1 Å². The minimum absolute atomic E-state index is 0.109. The smallest absolute Gasteiger partial charge is 0.311 e. The lowest BCUT2D eigenvalue weighted by Crippen LogP contribution is -2.53. The molecule has 2 rings (SSSR count). The van der Waals surface area contributed by atoms with Gasteiger partial charge in [0.05, 0.1) is 29.6 Å². The lowest BCUT2D eigenvalue weighted by molar-refractivity contribution is -0.295. The van der Waals surface area contributed by atoms with Crippen LogP contribution >= 0.6 is 0 Å². The van der Waals surface area contributed by atoms with Crippen molar-refractivity contribution in [1.29, 1.82) is 0 Å². The zero-order valence-electron chi connectivity index (χ0n) is 21.4. The second-order valence-electron chi connectivity index (χ2n) is 10.6. The van der Waals surface area contributed by atoms with Gasteiger partial charge >= 0.3 is 5.97 Å². The van der Waals surface area contributed by atoms with Crippen LogP contribution in [0.15, 0.2) is 36.0 Å². The first kappa shape index (κ1) is 28.4. The number of allylic oxidation sites excluding steroid dienone is 3. The molecule has 1 saturated heterocycles. The molecule has 0 aliphatic carbocycles. The molecular formula is C27H42O7. The van der Waals surface area contributed by atoms with Crippen molar-refractivity contribution in [2.24, 2.45) is 11.3 Å². The minimum atomic E-state index is -1.89. The highest BCUT2D eigenvalue weighted by Gasteiger charge is 2.48. The lowest BCUT2D eigenvalue weighted by atomic mass is 9.75. The molecule has 1 fully saturated rings. The van der Waals surface area contributed by atoms with E-state index in [4.69, 9.17) is 9.47 Å². The van der Waals surface area contributed by atoms with Crippen LogP contribution in [0.25, 0.3) is 0 Å². The number of Topliss-reactive ketones (excluding diaryl/α,β-unsaturated/α-hetero) is 1. The van der Waals surface area contributed by atoms with Crippen LogP contribution in [-0.2, 0) is 19.1 Å². The van der Waals surface area contributed by atoms with Crippen molar-refractivity contribution in [2.45, 2.75) is 110 Å². The van der Waals surface area contributed by atoms with Gasteiger partial charge in [0.15, 0.2) is 5.79 Å². The monoisotopic (exact) mass is 478 g/mol. The van der Waals surface area contributed by atoms with Crippen LogP contribution in [0.3, 0.4) is 0 Å². The summed E-state index contributed by atoms with van der Waals surface area (Å²) in [6.07, 6.45) is 7.92. The summed E-state index contributed by atoms with van der Waals surface area (Å²) < 4.78 is 11.7. The molecule has 0 aromatic carbocycles. The van der Waals surface area contributed by atoms with Crippen LogP contribution in [0.2, 0.25) is 0 Å². The van der Waals surface area contributed by atoms with Crippen molar-refractivity contribution in [2.75, 3.05) is 0 Å². The van der Waals surface area contributed by atoms with E-state index in [-0.39, 0.29) is 18.6 Å². The number of rotatable bonds is 3. The van der Waals surface area contributed by atoms with Gasteiger partial charge in [-0.2, -0.15) is 0 Å². The van der Waals surface area contributed by atoms with Crippen molar-refractivity contribution < 1.29 is 34.4 Å². The van der Waals surface area contributed by atoms with Crippen molar-refractivity contribution in [3.8, 4) is 0 Å². The molecule has 2 aliphatic heterocycles. The number of hydrogen-bond acceptors (Lipinski definition) is 7. The fraction of sp³-hybridized carbons (Fsp3) is 0.704. The van der Waals surface area contributed by atoms with Gasteiger partial charge in [-0.3, -0.25) is 9.59 Å². The predicted octanol–water partition coefficient (Wildman–Crippen LogP) is 3.76. The number of aliphatic hydroxyl groups is 3. The number of ketones is 1. The molecule has 0 spiro atoms. The van der Waals surface area contributed by atoms with E-state index in [1.165, 1.54) is 0 Å². The Kier molecular flexibility index (Phi) is 9.44. The fourth-order valence-electron chi connectivity index (χ4n) is 4.83. The summed E-state index contributed by atoms with van der Waals surface area (Å²) in [5.41, 5.74) is -1.46. The summed E-state index contributed by atoms with van der Waals surface area (Å²) in [4.78, 5) is 26.0. The van der Waals surface area contributed by atoms with Gasteiger partial charge in [0.1, 0.15) is 11.9 Å². The number of esters is 1. The van der Waals surface area contributed by atoms with Gasteiger partial charge in [-0.15, -0.1) is 0 Å². The van der Waals surface area contributed by atoms with Gasteiger partial charge in [-0.05, 0) is 39.2 Å². The van der Waals surface area contributed by atoms with Crippen molar-refractivity contribution in [3.05, 3.63) is 36.0 Å². The van der Waals surface area contributed by atoms with E-state index in [2.05, 4.69) is 0 Å². The molecule has 2 aliphatic rings. The Balaban J connectivity index is 2.45. The van der Waals surface area contributed by atoms with Crippen molar-refractivity contribution >= 4 is 11.8 Å². The molecule has 0 saturated carbocycles. The summed E-state index contributed by atoms with van der Waals surface area (Å²) in [7, 11) is 0. The highest BCUT2D eigenvalue weighted by Crippen LogP contribution is 2.41. The molecule has 0 aromatic rings. The SMILES string of the molecule is C/C=C/CC[C@@H]1C/C=C/[C@@H](O)C(C)(C)C(=O)[C@@H](C)/C=C(\C)[C@]2(C)C[C@H](O)C[C@](O)(CC(=O)O1)O2. The standard InChI is InChI=1S/C27H42O7/c1-7-8-9-11-21-12-10-13-22(29)25(4,5)24(31)18(2)14-19(3)26(6)15-20(28)16-27(32,34-26)17-23(30)33-21/h7-8,10,13-14,18,20-22,28-29,32H,9,11-12,15-17H2,1-6H3/b8-7+,13-10+,19-14+/t18-,20-,21+,22+,26-,27+/m0/s1. The third kappa shape index (κ3) is 7.11. The quantitative estimate of drug-likeness (QED) is 0.418. The molecular weight excluding hydrogens is 436 g/mol. The number of carbonyl (C=O) groups is 2. The third-order valence-electron chi connectivity index (χ3n) is 7.04. The second kappa shape index (κ2) is 11.3. The van der Waals surface area contributed by atoms with Crippen LogP contribution in [0.1, 0.15) is 80.1 Å². The first-order valence-corrected chi connectivity index (χ1v) is 12.2. The van der Waals surface area contributed by atoms with E-state index in [9.17, 15) is 24.9 Å². The molecule has 192 valence electrons. The molecule has 7 nitrogen and oxygen atoms in total. The Bertz CT molecular complexity index is 827. The second-order valence-corrected chi connectivity index (χ2v) is 10.6. The number of hydrogen-bond donors (Lipinski definition) is 3. The van der Waals surface area contributed by atoms with E-state index in [0.717, 1.165) is 0 Å². The van der Waals surface area contributed by atoms with Gasteiger partial charge in [-0.1, -0.05) is 51.2 Å². The Morgan fingerprint density at radius 3 is 2.50 bits per heavy atom. The summed E-state index contributed by atoms with van der Waals surface area (Å²) in [6, 6.07) is 0. The summed E-state index contributed by atoms with van der Waals surface area (Å²) >= 11 is 0. The molecule has 0 aromatic heterocycles. The lowest BCUT2D eigenvalue weighted by Gasteiger charge is -2.46. The maximum absolute atomic E-state index is 13.2. The fourth-order valence-corrected chi connectivity index (χ4v) is 4.83. The number of carbonyl (C=O) groups excluding carboxylic acids is 2. The van der Waals surface area contributed by atoms with E-state index >= 15 is 0 Å². The first-order chi connectivity index (χ1) is 15.7. The van der Waals surface area contributed by atoms with Crippen LogP contribution in [-0.4, -0.2) is 56.8 Å². The molecule has 7 heteroatoms. The molecule has 0 unspecified atom stereocenters. The topological polar surface area (TPSA) is 113 Å². The Morgan fingerprint density at radius 1 is 1.18 bits per heavy atom. The van der Waals surface area contributed by atoms with E-state index < -0.39 is 53.4 Å². The zero-order chi connectivity index (χ0) is 25.7. The Labute approximate surface area is 203 Å². The van der Waals surface area contributed by atoms with Gasteiger partial charge in [0, 0.05) is 25.2 Å². The van der Waals surface area contributed by atoms with E-state index in [0.29, 0.717) is 24.8 Å². The van der Waals surface area contributed by atoms with Crippen LogP contribution < -0.4 is 0 Å². The number of fused-ring (bicyclic) bond motifs is 2.